The third kappa shape index (κ3) is 3.00. The Balaban J connectivity index is 1.96. The summed E-state index contributed by atoms with van der Waals surface area (Å²) in [5.41, 5.74) is 5.73. The Bertz CT molecular complexity index is 1150. The van der Waals surface area contributed by atoms with E-state index in [-0.39, 0.29) is 5.82 Å². The van der Waals surface area contributed by atoms with Crippen molar-refractivity contribution in [3.05, 3.63) is 64.2 Å². The van der Waals surface area contributed by atoms with E-state index in [1.165, 1.54) is 11.5 Å². The molecule has 1 N–H and O–H groups in total. The Morgan fingerprint density at radius 3 is 2.78 bits per heavy atom. The molecular formula is C21H17FN4S. The molecule has 0 fully saturated rings. The summed E-state index contributed by atoms with van der Waals surface area (Å²) in [5.74, 6) is -0.287. The van der Waals surface area contributed by atoms with Crippen molar-refractivity contribution in [2.45, 2.75) is 26.7 Å². The number of aromatic nitrogens is 3. The lowest BCUT2D eigenvalue weighted by molar-refractivity contribution is 0.627. The van der Waals surface area contributed by atoms with Crippen LogP contribution < -0.4 is 0 Å². The van der Waals surface area contributed by atoms with Crippen LogP contribution in [0.2, 0.25) is 0 Å². The van der Waals surface area contributed by atoms with Crippen molar-refractivity contribution in [3.63, 3.8) is 0 Å². The monoisotopic (exact) mass is 376 g/mol. The van der Waals surface area contributed by atoms with E-state index in [4.69, 9.17) is 6.57 Å². The first kappa shape index (κ1) is 17.4. The summed E-state index contributed by atoms with van der Waals surface area (Å²) in [6.07, 6.45) is 3.56. The molecule has 0 bridgehead atoms. The summed E-state index contributed by atoms with van der Waals surface area (Å²) >= 11 is 1.35. The highest BCUT2D eigenvalue weighted by molar-refractivity contribution is 7.03. The van der Waals surface area contributed by atoms with Crippen LogP contribution in [0.1, 0.15) is 24.5 Å². The topological polar surface area (TPSA) is 45.9 Å². The predicted octanol–water partition coefficient (Wildman–Crippen LogP) is 6.30. The molecule has 0 aliphatic rings. The average molecular weight is 376 g/mol. The lowest BCUT2D eigenvalue weighted by Gasteiger charge is -2.12. The van der Waals surface area contributed by atoms with E-state index in [9.17, 15) is 0 Å². The highest BCUT2D eigenvalue weighted by Crippen LogP contribution is 2.40. The van der Waals surface area contributed by atoms with E-state index in [2.05, 4.69) is 26.3 Å². The molecule has 2 heterocycles. The van der Waals surface area contributed by atoms with Crippen molar-refractivity contribution in [1.29, 1.82) is 0 Å². The second kappa shape index (κ2) is 6.93. The lowest BCUT2D eigenvalue weighted by Crippen LogP contribution is -1.94. The van der Waals surface area contributed by atoms with Gasteiger partial charge in [0.15, 0.2) is 5.69 Å². The standard InChI is InChI=1S/C21H17FN4S/c1-4-5-13-6-12(2)20(17(22)7-13)15-8-16-19(9-18(15)23-3)25-26-21(16)14-10-24-27-11-14/h6-11H,4-5H2,1-2H3,(H,25,26). The molecule has 6 heteroatoms. The number of aromatic amines is 1. The smallest absolute Gasteiger partial charge is 0.197 e. The molecular weight excluding hydrogens is 359 g/mol. The zero-order valence-electron chi connectivity index (χ0n) is 15.0. The molecule has 2 aromatic heterocycles. The van der Waals surface area contributed by atoms with Crippen LogP contribution in [-0.2, 0) is 6.42 Å². The molecule has 0 unspecified atom stereocenters. The Morgan fingerprint density at radius 1 is 1.26 bits per heavy atom. The quantitative estimate of drug-likeness (QED) is 0.425. The van der Waals surface area contributed by atoms with Gasteiger partial charge in [0.25, 0.3) is 0 Å². The van der Waals surface area contributed by atoms with Crippen LogP contribution in [-0.4, -0.2) is 14.6 Å². The highest BCUT2D eigenvalue weighted by atomic mass is 32.1. The second-order valence-electron chi connectivity index (χ2n) is 6.53. The lowest BCUT2D eigenvalue weighted by atomic mass is 9.93. The van der Waals surface area contributed by atoms with Crippen LogP contribution in [0.4, 0.5) is 10.1 Å². The number of hydrogen-bond donors (Lipinski definition) is 1. The Labute approximate surface area is 160 Å². The van der Waals surface area contributed by atoms with Gasteiger partial charge in [-0.15, -0.1) is 0 Å². The van der Waals surface area contributed by atoms with Crippen LogP contribution in [0.3, 0.4) is 0 Å². The van der Waals surface area contributed by atoms with E-state index in [1.54, 1.807) is 18.3 Å². The van der Waals surface area contributed by atoms with Gasteiger partial charge >= 0.3 is 0 Å². The number of rotatable bonds is 4. The van der Waals surface area contributed by atoms with E-state index in [0.717, 1.165) is 46.1 Å². The van der Waals surface area contributed by atoms with E-state index < -0.39 is 0 Å². The molecule has 134 valence electrons. The number of hydrogen-bond acceptors (Lipinski definition) is 3. The number of benzene rings is 2. The molecule has 0 atom stereocenters. The highest BCUT2D eigenvalue weighted by Gasteiger charge is 2.18. The molecule has 0 aliphatic carbocycles. The normalized spacial score (nSPS) is 11.0. The van der Waals surface area contributed by atoms with Crippen molar-refractivity contribution in [3.8, 4) is 22.4 Å². The molecule has 0 saturated heterocycles. The van der Waals surface area contributed by atoms with Crippen molar-refractivity contribution >= 4 is 28.1 Å². The van der Waals surface area contributed by atoms with Gasteiger partial charge in [0.1, 0.15) is 11.5 Å². The van der Waals surface area contributed by atoms with E-state index in [1.807, 2.05) is 24.4 Å². The number of aryl methyl sites for hydroxylation is 2. The van der Waals surface area contributed by atoms with Crippen molar-refractivity contribution < 1.29 is 4.39 Å². The van der Waals surface area contributed by atoms with Crippen LogP contribution in [0.25, 0.3) is 38.1 Å². The van der Waals surface area contributed by atoms with E-state index in [0.29, 0.717) is 16.8 Å². The van der Waals surface area contributed by atoms with Gasteiger partial charge in [-0.3, -0.25) is 5.10 Å². The molecule has 0 spiro atoms. The van der Waals surface area contributed by atoms with Crippen molar-refractivity contribution in [2.75, 3.05) is 0 Å². The third-order valence-corrected chi connectivity index (χ3v) is 5.25. The van der Waals surface area contributed by atoms with Crippen LogP contribution in [0.5, 0.6) is 0 Å². The van der Waals surface area contributed by atoms with Gasteiger partial charge in [-0.05, 0) is 53.7 Å². The van der Waals surface area contributed by atoms with Gasteiger partial charge in [-0.25, -0.2) is 13.6 Å². The summed E-state index contributed by atoms with van der Waals surface area (Å²) < 4.78 is 19.1. The summed E-state index contributed by atoms with van der Waals surface area (Å²) in [5, 5.41) is 10.1. The molecule has 4 aromatic rings. The summed E-state index contributed by atoms with van der Waals surface area (Å²) in [6.45, 7) is 11.5. The summed E-state index contributed by atoms with van der Waals surface area (Å²) in [7, 11) is 0. The maximum Gasteiger partial charge on any atom is 0.197 e. The fraction of sp³-hybridized carbons (Fsp3) is 0.190. The SMILES string of the molecule is [C-]#[N+]c1cc2[nH]nc(-c3cnsc3)c2cc1-c1c(C)cc(CCC)cc1F. The van der Waals surface area contributed by atoms with Crippen LogP contribution in [0, 0.1) is 19.3 Å². The fourth-order valence-corrected chi connectivity index (χ4v) is 4.00. The Morgan fingerprint density at radius 2 is 2.11 bits per heavy atom. The first-order valence-electron chi connectivity index (χ1n) is 8.71. The Hall–Kier alpha value is -3.04. The van der Waals surface area contributed by atoms with Gasteiger partial charge in [-0.2, -0.15) is 5.10 Å². The van der Waals surface area contributed by atoms with Crippen molar-refractivity contribution in [1.82, 2.24) is 14.6 Å². The summed E-state index contributed by atoms with van der Waals surface area (Å²) in [4.78, 5) is 3.64. The molecule has 0 radical (unpaired) electrons. The molecule has 0 aliphatic heterocycles. The maximum atomic E-state index is 15.0. The van der Waals surface area contributed by atoms with Gasteiger partial charge < -0.3 is 0 Å². The second-order valence-corrected chi connectivity index (χ2v) is 7.19. The fourth-order valence-electron chi connectivity index (χ4n) is 3.48. The van der Waals surface area contributed by atoms with Gasteiger partial charge in [-0.1, -0.05) is 25.5 Å². The molecule has 0 amide bonds. The first-order valence-corrected chi connectivity index (χ1v) is 9.54. The Kier molecular flexibility index (Phi) is 4.46. The molecule has 4 nitrogen and oxygen atoms in total. The number of nitrogens with zero attached hydrogens (tertiary/aromatic N) is 3. The van der Waals surface area contributed by atoms with Crippen LogP contribution >= 0.6 is 11.5 Å². The van der Waals surface area contributed by atoms with Crippen molar-refractivity contribution in [2.24, 2.45) is 0 Å². The minimum absolute atomic E-state index is 0.287. The predicted molar refractivity (Wildman–Crippen MR) is 108 cm³/mol. The molecule has 27 heavy (non-hydrogen) atoms. The minimum atomic E-state index is -0.287. The number of H-pyrrole nitrogens is 1. The minimum Gasteiger partial charge on any atom is -0.278 e. The van der Waals surface area contributed by atoms with Crippen LogP contribution in [0.15, 0.2) is 35.8 Å². The molecule has 0 saturated carbocycles. The molecule has 4 rings (SSSR count). The zero-order chi connectivity index (χ0) is 19.0. The number of halogens is 1. The van der Waals surface area contributed by atoms with Gasteiger partial charge in [0.2, 0.25) is 0 Å². The zero-order valence-corrected chi connectivity index (χ0v) is 15.8. The summed E-state index contributed by atoms with van der Waals surface area (Å²) in [6, 6.07) is 7.21. The average Bonchev–Trinajstić information content (AvgIpc) is 3.29. The first-order chi connectivity index (χ1) is 13.1. The van der Waals surface area contributed by atoms with Gasteiger partial charge in [0, 0.05) is 21.9 Å². The largest absolute Gasteiger partial charge is 0.278 e. The number of nitrogens with one attached hydrogen (secondary N) is 1. The van der Waals surface area contributed by atoms with Gasteiger partial charge in [0.05, 0.1) is 18.3 Å². The number of fused-ring (bicyclic) bond motifs is 1. The maximum absolute atomic E-state index is 15.0. The van der Waals surface area contributed by atoms with E-state index >= 15 is 4.39 Å². The third-order valence-electron chi connectivity index (χ3n) is 4.66. The molecule has 2 aromatic carbocycles.